The van der Waals surface area contributed by atoms with E-state index in [9.17, 15) is 0 Å². The van der Waals surface area contributed by atoms with Gasteiger partial charge in [0.2, 0.25) is 17.2 Å². The Morgan fingerprint density at radius 3 is 2.62 bits per heavy atom. The van der Waals surface area contributed by atoms with E-state index in [-0.39, 0.29) is 5.28 Å². The molecule has 2 aliphatic rings. The summed E-state index contributed by atoms with van der Waals surface area (Å²) < 4.78 is 0. The Morgan fingerprint density at radius 1 is 1.10 bits per heavy atom. The first kappa shape index (κ1) is 15.2. The van der Waals surface area contributed by atoms with Crippen molar-refractivity contribution in [1.29, 1.82) is 0 Å². The number of nitrogens with zero attached hydrogens (tertiary/aromatic N) is 4. The molecule has 1 aromatic heterocycles. The normalized spacial score (nSPS) is 20.5. The fourth-order valence-electron chi connectivity index (χ4n) is 2.84. The van der Waals surface area contributed by atoms with Crippen LogP contribution in [0, 0.1) is 5.92 Å². The van der Waals surface area contributed by atoms with Gasteiger partial charge in [-0.2, -0.15) is 26.7 Å². The summed E-state index contributed by atoms with van der Waals surface area (Å²) in [5, 5.41) is 3.64. The lowest BCUT2D eigenvalue weighted by molar-refractivity contribution is 0.514. The Morgan fingerprint density at radius 2 is 1.86 bits per heavy atom. The molecule has 0 amide bonds. The van der Waals surface area contributed by atoms with Crippen LogP contribution in [0.15, 0.2) is 0 Å². The minimum absolute atomic E-state index is 0.285. The van der Waals surface area contributed by atoms with Crippen molar-refractivity contribution in [3.8, 4) is 0 Å². The van der Waals surface area contributed by atoms with E-state index < -0.39 is 0 Å². The summed E-state index contributed by atoms with van der Waals surface area (Å²) in [6.07, 6.45) is 6.24. The Kier molecular flexibility index (Phi) is 5.41. The fourth-order valence-corrected chi connectivity index (χ4v) is 4.20. The molecule has 0 atom stereocenters. The van der Waals surface area contributed by atoms with Crippen molar-refractivity contribution in [2.24, 2.45) is 5.92 Å². The van der Waals surface area contributed by atoms with Crippen molar-refractivity contribution < 1.29 is 0 Å². The molecule has 0 unspecified atom stereocenters. The summed E-state index contributed by atoms with van der Waals surface area (Å²) in [5.74, 6) is 4.59. The van der Waals surface area contributed by atoms with Crippen LogP contribution in [0.4, 0.5) is 11.9 Å². The first-order valence-electron chi connectivity index (χ1n) is 7.79. The van der Waals surface area contributed by atoms with E-state index in [4.69, 9.17) is 11.6 Å². The Labute approximate surface area is 135 Å². The minimum Gasteiger partial charge on any atom is -0.354 e. The highest BCUT2D eigenvalue weighted by Crippen LogP contribution is 2.23. The molecule has 2 aliphatic heterocycles. The fraction of sp³-hybridized carbons (Fsp3) is 0.786. The summed E-state index contributed by atoms with van der Waals surface area (Å²) in [7, 11) is 0. The SMILES string of the molecule is Clc1nc(NCC2CCSCC2)nc(N2CCCCC2)n1. The second-order valence-corrected chi connectivity index (χ2v) is 7.28. The monoisotopic (exact) mass is 327 g/mol. The lowest BCUT2D eigenvalue weighted by Gasteiger charge is -2.27. The largest absolute Gasteiger partial charge is 0.354 e. The van der Waals surface area contributed by atoms with Gasteiger partial charge in [-0.25, -0.2) is 0 Å². The van der Waals surface area contributed by atoms with Gasteiger partial charge < -0.3 is 10.2 Å². The zero-order valence-corrected chi connectivity index (χ0v) is 13.8. The van der Waals surface area contributed by atoms with E-state index >= 15 is 0 Å². The minimum atomic E-state index is 0.285. The van der Waals surface area contributed by atoms with E-state index in [0.29, 0.717) is 5.95 Å². The van der Waals surface area contributed by atoms with E-state index in [1.54, 1.807) is 0 Å². The van der Waals surface area contributed by atoms with Gasteiger partial charge in [-0.15, -0.1) is 0 Å². The molecule has 116 valence electrons. The third-order valence-electron chi connectivity index (χ3n) is 4.12. The smallest absolute Gasteiger partial charge is 0.231 e. The standard InChI is InChI=1S/C14H22ClN5S/c15-12-17-13(16-10-11-4-8-21-9-5-11)19-14(18-12)20-6-2-1-3-7-20/h11H,1-10H2,(H,16,17,18,19). The predicted octanol–water partition coefficient (Wildman–Crippen LogP) is 3.07. The molecule has 2 saturated heterocycles. The molecule has 3 rings (SSSR count). The van der Waals surface area contributed by atoms with Gasteiger partial charge in [-0.3, -0.25) is 0 Å². The second kappa shape index (κ2) is 7.49. The number of piperidine rings is 1. The van der Waals surface area contributed by atoms with Crippen LogP contribution >= 0.6 is 23.4 Å². The van der Waals surface area contributed by atoms with E-state index in [2.05, 4.69) is 25.2 Å². The summed E-state index contributed by atoms with van der Waals surface area (Å²) in [5.41, 5.74) is 0. The van der Waals surface area contributed by atoms with Crippen molar-refractivity contribution in [2.45, 2.75) is 32.1 Å². The maximum atomic E-state index is 6.06. The van der Waals surface area contributed by atoms with Crippen LogP contribution in [0.2, 0.25) is 5.28 Å². The van der Waals surface area contributed by atoms with Crippen molar-refractivity contribution in [3.63, 3.8) is 0 Å². The van der Waals surface area contributed by atoms with Gasteiger partial charge in [0, 0.05) is 19.6 Å². The van der Waals surface area contributed by atoms with Crippen molar-refractivity contribution in [2.75, 3.05) is 41.4 Å². The van der Waals surface area contributed by atoms with Crippen LogP contribution in [0.5, 0.6) is 0 Å². The van der Waals surface area contributed by atoms with Gasteiger partial charge >= 0.3 is 0 Å². The van der Waals surface area contributed by atoms with Crippen LogP contribution < -0.4 is 10.2 Å². The van der Waals surface area contributed by atoms with Gasteiger partial charge in [0.1, 0.15) is 0 Å². The molecule has 5 nitrogen and oxygen atoms in total. The molecule has 7 heteroatoms. The van der Waals surface area contributed by atoms with E-state index in [1.807, 2.05) is 11.8 Å². The number of hydrogen-bond donors (Lipinski definition) is 1. The van der Waals surface area contributed by atoms with Gasteiger partial charge in [0.25, 0.3) is 0 Å². The first-order valence-corrected chi connectivity index (χ1v) is 9.32. The van der Waals surface area contributed by atoms with Crippen molar-refractivity contribution in [3.05, 3.63) is 5.28 Å². The van der Waals surface area contributed by atoms with Gasteiger partial charge in [-0.05, 0) is 61.1 Å². The molecule has 0 radical (unpaired) electrons. The average molecular weight is 328 g/mol. The van der Waals surface area contributed by atoms with Crippen molar-refractivity contribution >= 4 is 35.3 Å². The van der Waals surface area contributed by atoms with Crippen LogP contribution in [0.25, 0.3) is 0 Å². The molecule has 1 N–H and O–H groups in total. The third kappa shape index (κ3) is 4.36. The lowest BCUT2D eigenvalue weighted by atomic mass is 10.0. The molecule has 0 spiro atoms. The summed E-state index contributed by atoms with van der Waals surface area (Å²) in [6.45, 7) is 2.96. The number of thioether (sulfide) groups is 1. The van der Waals surface area contributed by atoms with Crippen molar-refractivity contribution in [1.82, 2.24) is 15.0 Å². The molecule has 1 aromatic rings. The van der Waals surface area contributed by atoms with Crippen LogP contribution in [-0.4, -0.2) is 46.1 Å². The molecule has 0 saturated carbocycles. The highest BCUT2D eigenvalue weighted by Gasteiger charge is 2.17. The summed E-state index contributed by atoms with van der Waals surface area (Å²) >= 11 is 8.11. The maximum absolute atomic E-state index is 6.06. The molecule has 0 aromatic carbocycles. The summed E-state index contributed by atoms with van der Waals surface area (Å²) in [6, 6.07) is 0. The molecule has 3 heterocycles. The van der Waals surface area contributed by atoms with Gasteiger partial charge in [0.05, 0.1) is 0 Å². The molecule has 2 fully saturated rings. The van der Waals surface area contributed by atoms with Gasteiger partial charge in [0.15, 0.2) is 0 Å². The first-order chi connectivity index (χ1) is 10.3. The van der Waals surface area contributed by atoms with E-state index in [0.717, 1.165) is 31.5 Å². The van der Waals surface area contributed by atoms with Crippen LogP contribution in [0.3, 0.4) is 0 Å². The molecule has 0 aliphatic carbocycles. The average Bonchev–Trinajstić information content (AvgIpc) is 2.54. The number of nitrogens with one attached hydrogen (secondary N) is 1. The number of hydrogen-bond acceptors (Lipinski definition) is 6. The molecular formula is C14H22ClN5S. The molecule has 21 heavy (non-hydrogen) atoms. The Balaban J connectivity index is 1.62. The summed E-state index contributed by atoms with van der Waals surface area (Å²) in [4.78, 5) is 15.2. The maximum Gasteiger partial charge on any atom is 0.231 e. The zero-order chi connectivity index (χ0) is 14.5. The zero-order valence-electron chi connectivity index (χ0n) is 12.2. The van der Waals surface area contributed by atoms with Gasteiger partial charge in [-0.1, -0.05) is 0 Å². The van der Waals surface area contributed by atoms with Crippen LogP contribution in [-0.2, 0) is 0 Å². The number of anilines is 2. The van der Waals surface area contributed by atoms with Crippen LogP contribution in [0.1, 0.15) is 32.1 Å². The van der Waals surface area contributed by atoms with E-state index in [1.165, 1.54) is 43.6 Å². The predicted molar refractivity (Wildman–Crippen MR) is 89.4 cm³/mol. The second-order valence-electron chi connectivity index (χ2n) is 5.71. The molecule has 0 bridgehead atoms. The number of halogens is 1. The highest BCUT2D eigenvalue weighted by molar-refractivity contribution is 7.99. The Hall–Kier alpha value is -0.750. The Bertz CT molecular complexity index is 461. The quantitative estimate of drug-likeness (QED) is 0.917. The topological polar surface area (TPSA) is 53.9 Å². The molecular weight excluding hydrogens is 306 g/mol. The highest BCUT2D eigenvalue weighted by atomic mass is 35.5. The lowest BCUT2D eigenvalue weighted by Crippen LogP contribution is -2.31. The third-order valence-corrected chi connectivity index (χ3v) is 5.34. The number of rotatable bonds is 4. The number of aromatic nitrogens is 3.